The van der Waals surface area contributed by atoms with E-state index in [1.807, 2.05) is 13.8 Å². The van der Waals surface area contributed by atoms with Gasteiger partial charge in [0.15, 0.2) is 0 Å². The number of hydrogen-bond acceptors (Lipinski definition) is 4. The van der Waals surface area contributed by atoms with Gasteiger partial charge >= 0.3 is 0 Å². The maximum absolute atomic E-state index is 12.0. The molecular formula is C12H24N2O4S. The van der Waals surface area contributed by atoms with E-state index in [0.717, 1.165) is 6.26 Å². The van der Waals surface area contributed by atoms with E-state index < -0.39 is 28.0 Å². The summed E-state index contributed by atoms with van der Waals surface area (Å²) in [6.07, 6.45) is 2.20. The summed E-state index contributed by atoms with van der Waals surface area (Å²) < 4.78 is 24.7. The van der Waals surface area contributed by atoms with Crippen LogP contribution in [0.4, 0.5) is 0 Å². The standard InChI is InChI=1S/C12H24N2O4S/c1-8(2)6-10(7-15)13-12(16)11(9(3)4)14-19(5,17)18/h7-11,14H,6H2,1-5H3,(H,13,16)/t10-,11-/m0/s1. The molecule has 0 aromatic heterocycles. The fourth-order valence-corrected chi connectivity index (χ4v) is 2.49. The van der Waals surface area contributed by atoms with Crippen LogP contribution in [0.5, 0.6) is 0 Å². The fourth-order valence-electron chi connectivity index (χ4n) is 1.65. The molecule has 0 heterocycles. The lowest BCUT2D eigenvalue weighted by molar-refractivity contribution is -0.126. The van der Waals surface area contributed by atoms with Crippen molar-refractivity contribution in [3.05, 3.63) is 0 Å². The van der Waals surface area contributed by atoms with Crippen LogP contribution in [0.25, 0.3) is 0 Å². The smallest absolute Gasteiger partial charge is 0.239 e. The lowest BCUT2D eigenvalue weighted by Crippen LogP contribution is -2.52. The SMILES string of the molecule is CC(C)C[C@@H](C=O)NC(=O)[C@@H](NS(C)(=O)=O)C(C)C. The van der Waals surface area contributed by atoms with Crippen LogP contribution >= 0.6 is 0 Å². The molecule has 0 radical (unpaired) electrons. The molecule has 0 fully saturated rings. The van der Waals surface area contributed by atoms with Crippen molar-refractivity contribution in [2.75, 3.05) is 6.26 Å². The van der Waals surface area contributed by atoms with Crippen molar-refractivity contribution >= 4 is 22.2 Å². The predicted octanol–water partition coefficient (Wildman–Crippen LogP) is 0.290. The molecule has 0 saturated carbocycles. The molecule has 19 heavy (non-hydrogen) atoms. The summed E-state index contributed by atoms with van der Waals surface area (Å²) in [6, 6.07) is -1.46. The highest BCUT2D eigenvalue weighted by Crippen LogP contribution is 2.06. The van der Waals surface area contributed by atoms with Crippen molar-refractivity contribution in [2.24, 2.45) is 11.8 Å². The highest BCUT2D eigenvalue weighted by molar-refractivity contribution is 7.88. The van der Waals surface area contributed by atoms with Gasteiger partial charge in [-0.2, -0.15) is 0 Å². The first-order valence-corrected chi connectivity index (χ1v) is 8.19. The lowest BCUT2D eigenvalue weighted by atomic mass is 10.0. The van der Waals surface area contributed by atoms with Crippen molar-refractivity contribution in [1.82, 2.24) is 10.0 Å². The molecule has 2 atom stereocenters. The number of hydrogen-bond donors (Lipinski definition) is 2. The molecule has 7 heteroatoms. The van der Waals surface area contributed by atoms with Gasteiger partial charge in [0.2, 0.25) is 15.9 Å². The van der Waals surface area contributed by atoms with E-state index in [4.69, 9.17) is 0 Å². The summed E-state index contributed by atoms with van der Waals surface area (Å²) in [5.41, 5.74) is 0. The largest absolute Gasteiger partial charge is 0.345 e. The zero-order chi connectivity index (χ0) is 15.2. The molecule has 0 spiro atoms. The highest BCUT2D eigenvalue weighted by atomic mass is 32.2. The number of aldehydes is 1. The molecule has 2 N–H and O–H groups in total. The van der Waals surface area contributed by atoms with Crippen molar-refractivity contribution < 1.29 is 18.0 Å². The van der Waals surface area contributed by atoms with E-state index in [9.17, 15) is 18.0 Å². The van der Waals surface area contributed by atoms with Gasteiger partial charge in [-0.25, -0.2) is 13.1 Å². The topological polar surface area (TPSA) is 92.3 Å². The van der Waals surface area contributed by atoms with Gasteiger partial charge in [-0.05, 0) is 18.3 Å². The molecule has 6 nitrogen and oxygen atoms in total. The van der Waals surface area contributed by atoms with E-state index >= 15 is 0 Å². The maximum atomic E-state index is 12.0. The summed E-state index contributed by atoms with van der Waals surface area (Å²) in [4.78, 5) is 22.9. The number of amides is 1. The van der Waals surface area contributed by atoms with Crippen LogP contribution < -0.4 is 10.0 Å². The second-order valence-corrected chi connectivity index (χ2v) is 7.27. The summed E-state index contributed by atoms with van der Waals surface area (Å²) in [5.74, 6) is -0.421. The summed E-state index contributed by atoms with van der Waals surface area (Å²) in [5, 5.41) is 2.57. The predicted molar refractivity (Wildman–Crippen MR) is 74.1 cm³/mol. The summed E-state index contributed by atoms with van der Waals surface area (Å²) in [7, 11) is -3.48. The third-order valence-electron chi connectivity index (χ3n) is 2.51. The van der Waals surface area contributed by atoms with E-state index in [-0.39, 0.29) is 11.8 Å². The summed E-state index contributed by atoms with van der Waals surface area (Å²) in [6.45, 7) is 7.36. The monoisotopic (exact) mass is 292 g/mol. The molecule has 0 rings (SSSR count). The second-order valence-electron chi connectivity index (χ2n) is 5.49. The van der Waals surface area contributed by atoms with Crippen molar-refractivity contribution in [3.63, 3.8) is 0 Å². The van der Waals surface area contributed by atoms with Crippen LogP contribution in [0.15, 0.2) is 0 Å². The molecule has 0 unspecified atom stereocenters. The average Bonchev–Trinajstić information content (AvgIpc) is 2.22. The Bertz CT molecular complexity index is 404. The zero-order valence-corrected chi connectivity index (χ0v) is 13.0. The highest BCUT2D eigenvalue weighted by Gasteiger charge is 2.27. The molecular weight excluding hydrogens is 268 g/mol. The molecule has 112 valence electrons. The number of rotatable bonds is 8. The minimum absolute atomic E-state index is 0.207. The van der Waals surface area contributed by atoms with Gasteiger partial charge in [-0.1, -0.05) is 27.7 Å². The lowest BCUT2D eigenvalue weighted by Gasteiger charge is -2.23. The Morgan fingerprint density at radius 2 is 1.74 bits per heavy atom. The molecule has 0 bridgehead atoms. The Balaban J connectivity index is 4.77. The van der Waals surface area contributed by atoms with Crippen molar-refractivity contribution in [3.8, 4) is 0 Å². The van der Waals surface area contributed by atoms with Crippen LogP contribution in [0, 0.1) is 11.8 Å². The van der Waals surface area contributed by atoms with Gasteiger partial charge < -0.3 is 10.1 Å². The molecule has 0 aliphatic carbocycles. The Kier molecular flexibility index (Phi) is 7.21. The van der Waals surface area contributed by atoms with E-state index in [1.165, 1.54) is 0 Å². The normalized spacial score (nSPS) is 15.3. The molecule has 1 amide bonds. The summed E-state index contributed by atoms with van der Waals surface area (Å²) >= 11 is 0. The van der Waals surface area contributed by atoms with Crippen LogP contribution in [0.3, 0.4) is 0 Å². The Labute approximate surface area is 115 Å². The van der Waals surface area contributed by atoms with E-state index in [2.05, 4.69) is 10.0 Å². The third-order valence-corrected chi connectivity index (χ3v) is 3.19. The first kappa shape index (κ1) is 18.0. The van der Waals surface area contributed by atoms with Crippen molar-refractivity contribution in [1.29, 1.82) is 0 Å². The minimum atomic E-state index is -3.48. The zero-order valence-electron chi connectivity index (χ0n) is 12.1. The van der Waals surface area contributed by atoms with Crippen LogP contribution in [0.1, 0.15) is 34.1 Å². The van der Waals surface area contributed by atoms with Gasteiger partial charge in [0.25, 0.3) is 0 Å². The molecule has 0 aliphatic heterocycles. The first-order valence-electron chi connectivity index (χ1n) is 6.29. The van der Waals surface area contributed by atoms with Crippen LogP contribution in [0.2, 0.25) is 0 Å². The van der Waals surface area contributed by atoms with Gasteiger partial charge in [0.05, 0.1) is 12.3 Å². The van der Waals surface area contributed by atoms with Gasteiger partial charge in [0.1, 0.15) is 12.3 Å². The minimum Gasteiger partial charge on any atom is -0.345 e. The molecule has 0 aromatic rings. The number of carbonyl (C=O) groups excluding carboxylic acids is 2. The van der Waals surface area contributed by atoms with Gasteiger partial charge in [-0.15, -0.1) is 0 Å². The van der Waals surface area contributed by atoms with Gasteiger partial charge in [0, 0.05) is 0 Å². The van der Waals surface area contributed by atoms with Crippen molar-refractivity contribution in [2.45, 2.75) is 46.2 Å². The molecule has 0 aromatic carbocycles. The molecule has 0 saturated heterocycles. The Morgan fingerprint density at radius 3 is 2.05 bits per heavy atom. The number of sulfonamides is 1. The van der Waals surface area contributed by atoms with Crippen LogP contribution in [-0.2, 0) is 19.6 Å². The fraction of sp³-hybridized carbons (Fsp3) is 0.833. The van der Waals surface area contributed by atoms with E-state index in [1.54, 1.807) is 13.8 Å². The molecule has 0 aliphatic rings. The number of carbonyl (C=O) groups is 2. The third kappa shape index (κ3) is 7.94. The quantitative estimate of drug-likeness (QED) is 0.629. The van der Waals surface area contributed by atoms with Crippen LogP contribution in [-0.4, -0.2) is 39.0 Å². The first-order chi connectivity index (χ1) is 8.56. The Hall–Kier alpha value is -0.950. The number of nitrogens with one attached hydrogen (secondary N) is 2. The van der Waals surface area contributed by atoms with E-state index in [0.29, 0.717) is 12.7 Å². The second kappa shape index (κ2) is 7.59. The van der Waals surface area contributed by atoms with Gasteiger partial charge in [-0.3, -0.25) is 4.79 Å². The average molecular weight is 292 g/mol. The maximum Gasteiger partial charge on any atom is 0.239 e. The Morgan fingerprint density at radius 1 is 1.21 bits per heavy atom.